The monoisotopic (exact) mass is 132 g/mol. The summed E-state index contributed by atoms with van der Waals surface area (Å²) in [6, 6.07) is -0.551. The van der Waals surface area contributed by atoms with E-state index in [1.807, 2.05) is 13.8 Å². The summed E-state index contributed by atoms with van der Waals surface area (Å²) in [6.45, 7) is 3.92. The molecule has 3 nitrogen and oxygen atoms in total. The van der Waals surface area contributed by atoms with Gasteiger partial charge in [-0.05, 0) is 5.92 Å². The maximum absolute atomic E-state index is 10.1. The van der Waals surface area contributed by atoms with Gasteiger partial charge in [-0.2, -0.15) is 0 Å². The fourth-order valence-electron chi connectivity index (χ4n) is 0.665. The molecule has 54 valence electrons. The van der Waals surface area contributed by atoms with Gasteiger partial charge in [-0.1, -0.05) is 13.8 Å². The molecule has 0 aliphatic heterocycles. The first-order valence-corrected chi connectivity index (χ1v) is 3.08. The highest BCUT2D eigenvalue weighted by molar-refractivity contribution is 5.69. The Balaban J connectivity index is 3.50. The molecule has 0 aromatic heterocycles. The SMILES string of the molecule is CC(C)CC([NH3+])[13C](=O)[O-]. The Morgan fingerprint density at radius 1 is 1.67 bits per heavy atom. The minimum Gasteiger partial charge on any atom is -0.544 e. The van der Waals surface area contributed by atoms with E-state index >= 15 is 0 Å². The highest BCUT2D eigenvalue weighted by atomic mass is 16.5. The summed E-state index contributed by atoms with van der Waals surface area (Å²) in [4.78, 5) is 10.1. The van der Waals surface area contributed by atoms with Crippen molar-refractivity contribution >= 4 is 5.97 Å². The molecular weight excluding hydrogens is 119 g/mol. The molecule has 0 radical (unpaired) electrons. The Bertz CT molecular complexity index is 101. The van der Waals surface area contributed by atoms with Gasteiger partial charge < -0.3 is 15.6 Å². The van der Waals surface area contributed by atoms with Crippen LogP contribution in [0.3, 0.4) is 0 Å². The van der Waals surface area contributed by atoms with Crippen molar-refractivity contribution in [3.8, 4) is 0 Å². The molecule has 1 atom stereocenters. The van der Waals surface area contributed by atoms with Crippen LogP contribution in [0.4, 0.5) is 0 Å². The summed E-state index contributed by atoms with van der Waals surface area (Å²) >= 11 is 0. The molecule has 3 heteroatoms. The number of carbonyl (C=O) groups excluding carboxylic acids is 1. The molecule has 0 aliphatic carbocycles. The Morgan fingerprint density at radius 3 is 2.22 bits per heavy atom. The Hall–Kier alpha value is -0.570. The summed E-state index contributed by atoms with van der Waals surface area (Å²) in [5, 5.41) is 10.1. The van der Waals surface area contributed by atoms with Crippen molar-refractivity contribution < 1.29 is 15.6 Å². The van der Waals surface area contributed by atoms with Gasteiger partial charge in [0.15, 0.2) is 0 Å². The van der Waals surface area contributed by atoms with E-state index in [4.69, 9.17) is 0 Å². The summed E-state index contributed by atoms with van der Waals surface area (Å²) in [6.07, 6.45) is 0.600. The molecule has 0 aliphatic rings. The summed E-state index contributed by atoms with van der Waals surface area (Å²) in [5.74, 6) is -0.672. The number of rotatable bonds is 3. The van der Waals surface area contributed by atoms with E-state index in [0.717, 1.165) is 0 Å². The largest absolute Gasteiger partial charge is 0.544 e. The fraction of sp³-hybridized carbons (Fsp3) is 0.833. The van der Waals surface area contributed by atoms with Crippen LogP contribution in [0.25, 0.3) is 0 Å². The summed E-state index contributed by atoms with van der Waals surface area (Å²) in [5.41, 5.74) is 3.42. The average molecular weight is 132 g/mol. The molecule has 0 heterocycles. The van der Waals surface area contributed by atoms with Gasteiger partial charge in [0.2, 0.25) is 0 Å². The highest BCUT2D eigenvalue weighted by Crippen LogP contribution is 1.99. The molecule has 1 unspecified atom stereocenters. The van der Waals surface area contributed by atoms with Crippen LogP contribution in [-0.2, 0) is 4.79 Å². The molecule has 0 fully saturated rings. The van der Waals surface area contributed by atoms with Gasteiger partial charge >= 0.3 is 0 Å². The molecule has 0 rings (SSSR count). The van der Waals surface area contributed by atoms with E-state index in [9.17, 15) is 9.90 Å². The van der Waals surface area contributed by atoms with Crippen molar-refractivity contribution in [2.45, 2.75) is 26.3 Å². The second-order valence-electron chi connectivity index (χ2n) is 2.65. The van der Waals surface area contributed by atoms with E-state index < -0.39 is 12.0 Å². The second-order valence-corrected chi connectivity index (χ2v) is 2.65. The Labute approximate surface area is 54.9 Å². The molecule has 0 saturated heterocycles. The van der Waals surface area contributed by atoms with E-state index in [0.29, 0.717) is 12.3 Å². The first-order valence-electron chi connectivity index (χ1n) is 3.08. The van der Waals surface area contributed by atoms with E-state index in [-0.39, 0.29) is 0 Å². The number of aliphatic carboxylic acids is 1. The minimum atomic E-state index is -1.05. The average Bonchev–Trinajstić information content (AvgIpc) is 1.63. The van der Waals surface area contributed by atoms with Crippen LogP contribution in [0.1, 0.15) is 20.3 Å². The van der Waals surface area contributed by atoms with Crippen molar-refractivity contribution in [3.05, 3.63) is 0 Å². The van der Waals surface area contributed by atoms with Gasteiger partial charge in [-0.25, -0.2) is 0 Å². The maximum Gasteiger partial charge on any atom is 0.125 e. The van der Waals surface area contributed by atoms with Crippen molar-refractivity contribution in [3.63, 3.8) is 0 Å². The minimum absolute atomic E-state index is 0.380. The van der Waals surface area contributed by atoms with E-state index in [2.05, 4.69) is 5.73 Å². The van der Waals surface area contributed by atoms with Crippen LogP contribution in [0, 0.1) is 5.92 Å². The molecule has 0 saturated carbocycles. The zero-order valence-electron chi connectivity index (χ0n) is 5.89. The topological polar surface area (TPSA) is 67.8 Å². The first kappa shape index (κ1) is 8.43. The van der Waals surface area contributed by atoms with Crippen molar-refractivity contribution in [1.82, 2.24) is 0 Å². The summed E-state index contributed by atoms with van der Waals surface area (Å²) < 4.78 is 0. The lowest BCUT2D eigenvalue weighted by atomic mass is 10.1. The van der Waals surface area contributed by atoms with Crippen molar-refractivity contribution in [1.29, 1.82) is 0 Å². The molecule has 0 spiro atoms. The Morgan fingerprint density at radius 2 is 2.11 bits per heavy atom. The molecule has 0 aromatic rings. The third-order valence-electron chi connectivity index (χ3n) is 1.09. The van der Waals surface area contributed by atoms with Gasteiger partial charge in [0.05, 0.1) is 5.97 Å². The summed E-state index contributed by atoms with van der Waals surface area (Å²) in [7, 11) is 0. The first-order chi connectivity index (χ1) is 4.04. The van der Waals surface area contributed by atoms with Crippen molar-refractivity contribution in [2.75, 3.05) is 0 Å². The Kier molecular flexibility index (Phi) is 3.24. The third-order valence-corrected chi connectivity index (χ3v) is 1.09. The van der Waals surface area contributed by atoms with Gasteiger partial charge in [0.1, 0.15) is 6.04 Å². The van der Waals surface area contributed by atoms with Crippen LogP contribution in [0.2, 0.25) is 0 Å². The van der Waals surface area contributed by atoms with Gasteiger partial charge in [0, 0.05) is 6.42 Å². The molecule has 0 aromatic carbocycles. The number of carbonyl (C=O) groups is 1. The van der Waals surface area contributed by atoms with Crippen LogP contribution in [-0.4, -0.2) is 12.0 Å². The zero-order valence-corrected chi connectivity index (χ0v) is 5.89. The standard InChI is InChI=1S/C6H13NO2/c1-4(2)3-5(7)6(8)9/h4-5H,3,7H2,1-2H3,(H,8,9)/i6+1. The predicted octanol–water partition coefficient (Wildman–Crippen LogP) is -1.61. The van der Waals surface area contributed by atoms with Gasteiger partial charge in [-0.15, -0.1) is 0 Å². The van der Waals surface area contributed by atoms with Crippen LogP contribution in [0.5, 0.6) is 0 Å². The number of hydrogen-bond acceptors (Lipinski definition) is 2. The van der Waals surface area contributed by atoms with Gasteiger partial charge in [0.25, 0.3) is 0 Å². The third kappa shape index (κ3) is 3.97. The van der Waals surface area contributed by atoms with Crippen molar-refractivity contribution in [2.24, 2.45) is 5.92 Å². The lowest BCUT2D eigenvalue weighted by Gasteiger charge is -2.10. The smallest absolute Gasteiger partial charge is 0.125 e. The van der Waals surface area contributed by atoms with E-state index in [1.54, 1.807) is 0 Å². The molecular formula is C6H13NO2. The fourth-order valence-corrected chi connectivity index (χ4v) is 0.665. The second kappa shape index (κ2) is 3.45. The molecule has 9 heavy (non-hydrogen) atoms. The number of carboxylic acid groups (broad SMARTS) is 1. The van der Waals surface area contributed by atoms with Gasteiger partial charge in [-0.3, -0.25) is 0 Å². The lowest BCUT2D eigenvalue weighted by molar-refractivity contribution is -0.439. The number of hydrogen-bond donors (Lipinski definition) is 1. The molecule has 0 bridgehead atoms. The maximum atomic E-state index is 10.1. The predicted molar refractivity (Wildman–Crippen MR) is 31.1 cm³/mol. The molecule has 3 N–H and O–H groups in total. The quantitative estimate of drug-likeness (QED) is 0.469. The number of carboxylic acids is 1. The van der Waals surface area contributed by atoms with Crippen LogP contribution < -0.4 is 10.8 Å². The van der Waals surface area contributed by atoms with E-state index in [1.165, 1.54) is 0 Å². The van der Waals surface area contributed by atoms with Crippen LogP contribution in [0.15, 0.2) is 0 Å². The molecule has 0 amide bonds. The normalized spacial score (nSPS) is 13.8. The number of quaternary nitrogens is 1. The highest BCUT2D eigenvalue weighted by Gasteiger charge is 2.08. The van der Waals surface area contributed by atoms with Crippen LogP contribution >= 0.6 is 0 Å². The lowest BCUT2D eigenvalue weighted by Crippen LogP contribution is -2.68. The zero-order chi connectivity index (χ0) is 7.44.